The number of alkyl halides is 3. The summed E-state index contributed by atoms with van der Waals surface area (Å²) in [7, 11) is 0. The molecule has 1 heterocycles. The zero-order chi connectivity index (χ0) is 18.5. The molecule has 1 amide bonds. The molecule has 0 bridgehead atoms. The molecule has 1 aliphatic carbocycles. The second-order valence-electron chi connectivity index (χ2n) is 8.16. The van der Waals surface area contributed by atoms with Gasteiger partial charge in [-0.05, 0) is 49.1 Å². The maximum atomic E-state index is 12.9. The third-order valence-electron chi connectivity index (χ3n) is 5.39. The van der Waals surface area contributed by atoms with Crippen molar-refractivity contribution in [2.45, 2.75) is 58.3 Å². The Hall–Kier alpha value is -1.85. The van der Waals surface area contributed by atoms with Crippen molar-refractivity contribution in [3.63, 3.8) is 0 Å². The van der Waals surface area contributed by atoms with E-state index in [4.69, 9.17) is 0 Å². The van der Waals surface area contributed by atoms with Crippen molar-refractivity contribution < 1.29 is 18.0 Å². The number of halogens is 3. The Bertz CT molecular complexity index is 708. The van der Waals surface area contributed by atoms with Crippen LogP contribution in [0.2, 0.25) is 0 Å². The van der Waals surface area contributed by atoms with Gasteiger partial charge in [0.05, 0.1) is 5.56 Å². The van der Waals surface area contributed by atoms with Crippen LogP contribution in [0.15, 0.2) is 29.3 Å². The summed E-state index contributed by atoms with van der Waals surface area (Å²) in [5.74, 6) is 0.177. The van der Waals surface area contributed by atoms with Crippen LogP contribution in [-0.4, -0.2) is 17.3 Å². The predicted molar refractivity (Wildman–Crippen MR) is 90.3 cm³/mol. The van der Waals surface area contributed by atoms with Gasteiger partial charge in [0.2, 0.25) is 0 Å². The molecule has 2 aliphatic rings. The van der Waals surface area contributed by atoms with Crippen molar-refractivity contribution >= 4 is 11.6 Å². The number of hydrogen-bond acceptors (Lipinski definition) is 2. The van der Waals surface area contributed by atoms with Gasteiger partial charge in [-0.3, -0.25) is 9.79 Å². The molecule has 3 nitrogen and oxygen atoms in total. The number of benzene rings is 1. The van der Waals surface area contributed by atoms with Crippen LogP contribution in [0.4, 0.5) is 13.2 Å². The van der Waals surface area contributed by atoms with E-state index >= 15 is 0 Å². The van der Waals surface area contributed by atoms with Crippen LogP contribution in [-0.2, 0) is 11.0 Å². The fourth-order valence-corrected chi connectivity index (χ4v) is 3.80. The molecular weight excluding hydrogens is 329 g/mol. The first-order valence-corrected chi connectivity index (χ1v) is 8.60. The second-order valence-corrected chi connectivity index (χ2v) is 8.16. The van der Waals surface area contributed by atoms with E-state index in [1.165, 1.54) is 12.1 Å². The summed E-state index contributed by atoms with van der Waals surface area (Å²) < 4.78 is 38.7. The summed E-state index contributed by atoms with van der Waals surface area (Å²) in [6.45, 7) is 6.63. The van der Waals surface area contributed by atoms with Gasteiger partial charge < -0.3 is 5.32 Å². The lowest BCUT2D eigenvalue weighted by atomic mass is 9.70. The highest BCUT2D eigenvalue weighted by molar-refractivity contribution is 6.46. The molecule has 1 aromatic rings. The summed E-state index contributed by atoms with van der Waals surface area (Å²) in [6.07, 6.45) is -1.09. The molecule has 1 fully saturated rings. The topological polar surface area (TPSA) is 41.5 Å². The minimum atomic E-state index is -4.44. The smallest absolute Gasteiger partial charge is 0.326 e. The Kier molecular flexibility index (Phi) is 4.20. The average molecular weight is 352 g/mol. The van der Waals surface area contributed by atoms with Gasteiger partial charge in [0.1, 0.15) is 11.4 Å². The van der Waals surface area contributed by atoms with Crippen molar-refractivity contribution in [2.24, 2.45) is 16.3 Å². The molecule has 1 aromatic carbocycles. The zero-order valence-corrected chi connectivity index (χ0v) is 14.7. The van der Waals surface area contributed by atoms with Crippen LogP contribution >= 0.6 is 0 Å². The Morgan fingerprint density at radius 3 is 2.36 bits per heavy atom. The maximum Gasteiger partial charge on any atom is 0.416 e. The molecule has 1 spiro atoms. The van der Waals surface area contributed by atoms with Gasteiger partial charge in [-0.25, -0.2) is 0 Å². The van der Waals surface area contributed by atoms with Crippen molar-refractivity contribution in [2.75, 3.05) is 0 Å². The quantitative estimate of drug-likeness (QED) is 0.791. The van der Waals surface area contributed by atoms with Gasteiger partial charge in [-0.2, -0.15) is 13.2 Å². The molecular formula is C19H23F3N2O. The largest absolute Gasteiger partial charge is 0.416 e. The van der Waals surface area contributed by atoms with Crippen LogP contribution in [0.5, 0.6) is 0 Å². The summed E-state index contributed by atoms with van der Waals surface area (Å²) in [6, 6.07) is 4.82. The number of amides is 1. The van der Waals surface area contributed by atoms with Gasteiger partial charge in [0, 0.05) is 5.56 Å². The van der Waals surface area contributed by atoms with E-state index in [0.717, 1.165) is 37.8 Å². The Morgan fingerprint density at radius 2 is 1.80 bits per heavy atom. The van der Waals surface area contributed by atoms with E-state index < -0.39 is 17.4 Å². The molecule has 25 heavy (non-hydrogen) atoms. The zero-order valence-electron chi connectivity index (χ0n) is 14.7. The number of rotatable bonds is 1. The van der Waals surface area contributed by atoms with E-state index in [-0.39, 0.29) is 22.6 Å². The molecule has 1 aliphatic heterocycles. The van der Waals surface area contributed by atoms with Gasteiger partial charge in [-0.1, -0.05) is 32.9 Å². The molecule has 1 saturated carbocycles. The first kappa shape index (κ1) is 18.0. The molecule has 0 atom stereocenters. The Labute approximate surface area is 145 Å². The molecule has 0 aromatic heterocycles. The lowest BCUT2D eigenvalue weighted by Gasteiger charge is -2.40. The molecule has 1 N–H and O–H groups in total. The minimum absolute atomic E-state index is 0.111. The normalized spacial score (nSPS) is 27.4. The number of aliphatic imine (C=N–C) groups is 1. The van der Waals surface area contributed by atoms with E-state index in [1.807, 2.05) is 0 Å². The van der Waals surface area contributed by atoms with E-state index in [1.54, 1.807) is 0 Å². The summed E-state index contributed by atoms with van der Waals surface area (Å²) in [5, 5.41) is 2.92. The SMILES string of the molecule is CC(C)(C)C1CCC2(CC1)N=C(c1cccc(C(F)(F)F)c1)C(=O)N2. The summed E-state index contributed by atoms with van der Waals surface area (Å²) in [4.78, 5) is 16.9. The number of nitrogens with zero attached hydrogens (tertiary/aromatic N) is 1. The maximum absolute atomic E-state index is 12.9. The predicted octanol–water partition coefficient (Wildman–Crippen LogP) is 4.56. The first-order valence-electron chi connectivity index (χ1n) is 8.60. The fraction of sp³-hybridized carbons (Fsp3) is 0.579. The fourth-order valence-electron chi connectivity index (χ4n) is 3.80. The second kappa shape index (κ2) is 5.85. The monoisotopic (exact) mass is 352 g/mol. The van der Waals surface area contributed by atoms with Crippen molar-refractivity contribution in [3.05, 3.63) is 35.4 Å². The van der Waals surface area contributed by atoms with Gasteiger partial charge >= 0.3 is 6.18 Å². The Morgan fingerprint density at radius 1 is 1.16 bits per heavy atom. The molecule has 6 heteroatoms. The highest BCUT2D eigenvalue weighted by Gasteiger charge is 2.44. The standard InChI is InChI=1S/C19H23F3N2O/c1-17(2,3)13-7-9-18(10-8-13)23-15(16(25)24-18)12-5-4-6-14(11-12)19(20,21)22/h4-6,11,13H,7-10H2,1-3H3,(H,24,25). The third kappa shape index (κ3) is 3.58. The van der Waals surface area contributed by atoms with Crippen LogP contribution in [0.1, 0.15) is 57.6 Å². The van der Waals surface area contributed by atoms with Gasteiger partial charge in [0.25, 0.3) is 5.91 Å². The van der Waals surface area contributed by atoms with E-state index in [2.05, 4.69) is 31.1 Å². The van der Waals surface area contributed by atoms with Crippen LogP contribution < -0.4 is 5.32 Å². The van der Waals surface area contributed by atoms with Crippen LogP contribution in [0, 0.1) is 11.3 Å². The number of carbonyl (C=O) groups excluding carboxylic acids is 1. The highest BCUT2D eigenvalue weighted by atomic mass is 19.4. The molecule has 3 rings (SSSR count). The van der Waals surface area contributed by atoms with E-state index in [9.17, 15) is 18.0 Å². The van der Waals surface area contributed by atoms with Gasteiger partial charge in [0.15, 0.2) is 0 Å². The molecule has 0 unspecified atom stereocenters. The molecule has 136 valence electrons. The van der Waals surface area contributed by atoms with Gasteiger partial charge in [-0.15, -0.1) is 0 Å². The highest BCUT2D eigenvalue weighted by Crippen LogP contribution is 2.43. The number of nitrogens with one attached hydrogen (secondary N) is 1. The minimum Gasteiger partial charge on any atom is -0.326 e. The summed E-state index contributed by atoms with van der Waals surface area (Å²) in [5.41, 5.74) is -0.874. The molecule has 0 saturated heterocycles. The third-order valence-corrected chi connectivity index (χ3v) is 5.39. The number of hydrogen-bond donors (Lipinski definition) is 1. The van der Waals surface area contributed by atoms with E-state index in [0.29, 0.717) is 5.92 Å². The van der Waals surface area contributed by atoms with Crippen molar-refractivity contribution in [1.29, 1.82) is 0 Å². The average Bonchev–Trinajstić information content (AvgIpc) is 2.82. The molecule has 0 radical (unpaired) electrons. The first-order chi connectivity index (χ1) is 11.5. The lowest BCUT2D eigenvalue weighted by Crippen LogP contribution is -2.46. The van der Waals surface area contributed by atoms with Crippen LogP contribution in [0.3, 0.4) is 0 Å². The Balaban J connectivity index is 1.85. The lowest BCUT2D eigenvalue weighted by molar-refractivity contribution is -0.137. The van der Waals surface area contributed by atoms with Crippen molar-refractivity contribution in [3.8, 4) is 0 Å². The number of carbonyl (C=O) groups is 1. The van der Waals surface area contributed by atoms with Crippen molar-refractivity contribution in [1.82, 2.24) is 5.32 Å². The van der Waals surface area contributed by atoms with Crippen LogP contribution in [0.25, 0.3) is 0 Å². The summed E-state index contributed by atoms with van der Waals surface area (Å²) >= 11 is 0.